The first-order valence-electron chi connectivity index (χ1n) is 6.17. The molecule has 1 aromatic carbocycles. The average Bonchev–Trinajstić information content (AvgIpc) is 2.41. The van der Waals surface area contributed by atoms with Crippen molar-refractivity contribution >= 4 is 21.9 Å². The van der Waals surface area contributed by atoms with Crippen LogP contribution in [0.2, 0.25) is 0 Å². The van der Waals surface area contributed by atoms with Gasteiger partial charge in [-0.15, -0.1) is 0 Å². The molecule has 0 amide bonds. The van der Waals surface area contributed by atoms with Crippen LogP contribution in [0.25, 0.3) is 21.9 Å². The summed E-state index contributed by atoms with van der Waals surface area (Å²) in [6, 6.07) is 1.51. The Balaban J connectivity index is 2.54. The Morgan fingerprint density at radius 2 is 0.958 bits per heavy atom. The van der Waals surface area contributed by atoms with Gasteiger partial charge in [0.25, 0.3) is 0 Å². The topological polar surface area (TPSA) is 60.4 Å². The van der Waals surface area contributed by atoms with Crippen LogP contribution in [0.5, 0.6) is 0 Å². The Hall–Kier alpha value is -2.78. The highest BCUT2D eigenvalue weighted by molar-refractivity contribution is 5.96. The molecule has 2 heterocycles. The van der Waals surface area contributed by atoms with Crippen molar-refractivity contribution in [3.8, 4) is 0 Å². The predicted octanol–water partition coefficient (Wildman–Crippen LogP) is 3.94. The third-order valence-electron chi connectivity index (χ3n) is 3.22. The van der Waals surface area contributed by atoms with E-state index in [1.54, 1.807) is 0 Å². The fourth-order valence-electron chi connectivity index (χ4n) is 2.29. The van der Waals surface area contributed by atoms with Gasteiger partial charge in [0.15, 0.2) is 0 Å². The Morgan fingerprint density at radius 3 is 1.25 bits per heavy atom. The van der Waals surface area contributed by atoms with Crippen molar-refractivity contribution in [3.05, 3.63) is 56.2 Å². The van der Waals surface area contributed by atoms with E-state index in [4.69, 9.17) is 0 Å². The first kappa shape index (κ1) is 16.1. The molecule has 126 valence electrons. The average molecular weight is 350 g/mol. The number of alkyl halides is 6. The SMILES string of the molecule is O=c1cc(C(F)(F)F)c2cc3oc(=O)cc(C(F)(F)F)c3cc2o1. The van der Waals surface area contributed by atoms with E-state index >= 15 is 0 Å². The van der Waals surface area contributed by atoms with Crippen molar-refractivity contribution in [2.75, 3.05) is 0 Å². The third-order valence-corrected chi connectivity index (χ3v) is 3.22. The maximum atomic E-state index is 13.0. The summed E-state index contributed by atoms with van der Waals surface area (Å²) >= 11 is 0. The van der Waals surface area contributed by atoms with Gasteiger partial charge in [-0.3, -0.25) is 0 Å². The van der Waals surface area contributed by atoms with Gasteiger partial charge >= 0.3 is 23.6 Å². The van der Waals surface area contributed by atoms with Crippen molar-refractivity contribution < 1.29 is 35.2 Å². The molecule has 0 saturated heterocycles. The number of rotatable bonds is 0. The van der Waals surface area contributed by atoms with E-state index in [-0.39, 0.29) is 12.1 Å². The standard InChI is InChI=1S/C14H4F6O4/c15-13(16,17)7-3-12(22)24-10-2-6-8(14(18,19)20)4-11(21)23-9(6)1-5(7)10/h1-4H. The molecule has 0 spiro atoms. The quantitative estimate of drug-likeness (QED) is 0.350. The molecule has 3 rings (SSSR count). The van der Waals surface area contributed by atoms with Gasteiger partial charge in [0.2, 0.25) is 0 Å². The van der Waals surface area contributed by atoms with Crippen LogP contribution in [0.1, 0.15) is 11.1 Å². The van der Waals surface area contributed by atoms with Crippen molar-refractivity contribution in [2.24, 2.45) is 0 Å². The van der Waals surface area contributed by atoms with E-state index in [0.29, 0.717) is 12.1 Å². The molecule has 24 heavy (non-hydrogen) atoms. The summed E-state index contributed by atoms with van der Waals surface area (Å²) in [5, 5.41) is -1.39. The molecule has 0 aliphatic carbocycles. The Labute approximate surface area is 126 Å². The second-order valence-corrected chi connectivity index (χ2v) is 4.80. The van der Waals surface area contributed by atoms with E-state index in [2.05, 4.69) is 8.83 Å². The van der Waals surface area contributed by atoms with Gasteiger partial charge in [-0.2, -0.15) is 26.3 Å². The van der Waals surface area contributed by atoms with Crippen LogP contribution < -0.4 is 11.3 Å². The van der Waals surface area contributed by atoms with Gasteiger partial charge in [-0.25, -0.2) is 9.59 Å². The lowest BCUT2D eigenvalue weighted by Crippen LogP contribution is -2.13. The summed E-state index contributed by atoms with van der Waals surface area (Å²) in [4.78, 5) is 22.5. The van der Waals surface area contributed by atoms with E-state index < -0.39 is 56.7 Å². The second kappa shape index (κ2) is 4.86. The Bertz CT molecular complexity index is 984. The second-order valence-electron chi connectivity index (χ2n) is 4.80. The molecule has 2 aromatic heterocycles. The number of hydrogen-bond donors (Lipinski definition) is 0. The molecule has 0 radical (unpaired) electrons. The normalized spacial score (nSPS) is 12.9. The number of halogens is 6. The summed E-state index contributed by atoms with van der Waals surface area (Å²) in [5.41, 5.74) is -6.98. The largest absolute Gasteiger partial charge is 0.423 e. The molecule has 10 heteroatoms. The molecule has 0 unspecified atom stereocenters. The monoisotopic (exact) mass is 350 g/mol. The number of hydrogen-bond acceptors (Lipinski definition) is 4. The minimum absolute atomic E-state index is 0.167. The van der Waals surface area contributed by atoms with Crippen molar-refractivity contribution in [3.63, 3.8) is 0 Å². The van der Waals surface area contributed by atoms with E-state index in [0.717, 1.165) is 0 Å². The smallest absolute Gasteiger partial charge is 0.417 e. The molecular weight excluding hydrogens is 346 g/mol. The summed E-state index contributed by atoms with van der Waals surface area (Å²) in [7, 11) is 0. The minimum Gasteiger partial charge on any atom is -0.423 e. The zero-order valence-corrected chi connectivity index (χ0v) is 11.2. The van der Waals surface area contributed by atoms with Crippen molar-refractivity contribution in [1.82, 2.24) is 0 Å². The lowest BCUT2D eigenvalue weighted by molar-refractivity contribution is -0.137. The summed E-state index contributed by atoms with van der Waals surface area (Å²) in [6.45, 7) is 0. The van der Waals surface area contributed by atoms with Crippen LogP contribution in [0, 0.1) is 0 Å². The number of benzene rings is 1. The summed E-state index contributed by atoms with van der Waals surface area (Å²) < 4.78 is 87.1. The zero-order chi connectivity index (χ0) is 17.9. The van der Waals surface area contributed by atoms with Gasteiger partial charge < -0.3 is 8.83 Å². The van der Waals surface area contributed by atoms with Gasteiger partial charge in [-0.05, 0) is 12.1 Å². The Kier molecular flexibility index (Phi) is 3.26. The van der Waals surface area contributed by atoms with Crippen LogP contribution in [0.3, 0.4) is 0 Å². The van der Waals surface area contributed by atoms with Crippen LogP contribution in [0.15, 0.2) is 42.7 Å². The minimum atomic E-state index is -4.95. The summed E-state index contributed by atoms with van der Waals surface area (Å²) in [5.74, 6) is 0. The molecule has 0 atom stereocenters. The lowest BCUT2D eigenvalue weighted by atomic mass is 10.0. The van der Waals surface area contributed by atoms with Crippen LogP contribution in [-0.4, -0.2) is 0 Å². The molecule has 0 fully saturated rings. The third kappa shape index (κ3) is 2.63. The number of fused-ring (bicyclic) bond motifs is 2. The van der Waals surface area contributed by atoms with Gasteiger partial charge in [0, 0.05) is 22.9 Å². The fourth-order valence-corrected chi connectivity index (χ4v) is 2.29. The van der Waals surface area contributed by atoms with Gasteiger partial charge in [-0.1, -0.05) is 0 Å². The molecule has 0 bridgehead atoms. The first-order valence-corrected chi connectivity index (χ1v) is 6.17. The highest BCUT2D eigenvalue weighted by Crippen LogP contribution is 2.38. The maximum Gasteiger partial charge on any atom is 0.417 e. The van der Waals surface area contributed by atoms with Crippen molar-refractivity contribution in [1.29, 1.82) is 0 Å². The summed E-state index contributed by atoms with van der Waals surface area (Å²) in [6.07, 6.45) is -9.91. The fraction of sp³-hybridized carbons (Fsp3) is 0.143. The van der Waals surface area contributed by atoms with Crippen molar-refractivity contribution in [2.45, 2.75) is 12.4 Å². The molecule has 0 N–H and O–H groups in total. The highest BCUT2D eigenvalue weighted by atomic mass is 19.4. The Morgan fingerprint density at radius 1 is 0.625 bits per heavy atom. The first-order chi connectivity index (χ1) is 11.0. The van der Waals surface area contributed by atoms with E-state index in [1.807, 2.05) is 0 Å². The zero-order valence-electron chi connectivity index (χ0n) is 11.2. The molecular formula is C14H4F6O4. The van der Waals surface area contributed by atoms with Crippen LogP contribution in [0.4, 0.5) is 26.3 Å². The highest BCUT2D eigenvalue weighted by Gasteiger charge is 2.36. The van der Waals surface area contributed by atoms with Gasteiger partial charge in [0.1, 0.15) is 11.2 Å². The lowest BCUT2D eigenvalue weighted by Gasteiger charge is -2.12. The van der Waals surface area contributed by atoms with Crippen LogP contribution in [-0.2, 0) is 12.4 Å². The molecule has 4 nitrogen and oxygen atoms in total. The van der Waals surface area contributed by atoms with Crippen LogP contribution >= 0.6 is 0 Å². The maximum absolute atomic E-state index is 13.0. The van der Waals surface area contributed by atoms with Gasteiger partial charge in [0.05, 0.1) is 11.1 Å². The molecule has 0 saturated carbocycles. The molecule has 0 aliphatic rings. The van der Waals surface area contributed by atoms with E-state index in [1.165, 1.54) is 0 Å². The molecule has 3 aromatic rings. The van der Waals surface area contributed by atoms with E-state index in [9.17, 15) is 35.9 Å². The predicted molar refractivity (Wildman–Crippen MR) is 68.5 cm³/mol. The molecule has 0 aliphatic heterocycles.